The number of nitrogens with zero attached hydrogens (tertiary/aromatic N) is 1. The molecule has 1 fully saturated rings. The van der Waals surface area contributed by atoms with Crippen molar-refractivity contribution in [3.8, 4) is 0 Å². The molecule has 1 aliphatic rings. The van der Waals surface area contributed by atoms with E-state index in [1.165, 1.54) is 6.42 Å². The molecule has 1 aliphatic heterocycles. The molecule has 0 aliphatic carbocycles. The third-order valence-corrected chi connectivity index (χ3v) is 5.70. The van der Waals surface area contributed by atoms with E-state index in [1.54, 1.807) is 0 Å². The van der Waals surface area contributed by atoms with Gasteiger partial charge in [-0.1, -0.05) is 33.1 Å². The van der Waals surface area contributed by atoms with Gasteiger partial charge >= 0.3 is 0 Å². The number of aliphatic hydroxyl groups is 1. The van der Waals surface area contributed by atoms with Gasteiger partial charge in [0.05, 0.1) is 12.2 Å². The first-order chi connectivity index (χ1) is 11.9. The van der Waals surface area contributed by atoms with Crippen molar-refractivity contribution in [2.45, 2.75) is 97.1 Å². The molecule has 1 N–H and O–H groups in total. The molecular formula is C21H41NO3. The Kier molecular flexibility index (Phi) is 10.9. The van der Waals surface area contributed by atoms with Crippen LogP contribution in [0, 0.1) is 5.92 Å². The fraction of sp³-hybridized carbons (Fsp3) is 0.952. The van der Waals surface area contributed by atoms with Crippen molar-refractivity contribution in [2.75, 3.05) is 26.3 Å². The van der Waals surface area contributed by atoms with E-state index in [0.717, 1.165) is 71.1 Å². The predicted octanol–water partition coefficient (Wildman–Crippen LogP) is 4.19. The monoisotopic (exact) mass is 355 g/mol. The van der Waals surface area contributed by atoms with Crippen LogP contribution in [0.25, 0.3) is 0 Å². The molecule has 0 amide bonds. The summed E-state index contributed by atoms with van der Waals surface area (Å²) in [5.74, 6) is 0.647. The van der Waals surface area contributed by atoms with Crippen LogP contribution in [-0.4, -0.2) is 53.7 Å². The number of piperidine rings is 1. The number of ketones is 1. The minimum Gasteiger partial charge on any atom is -0.387 e. The van der Waals surface area contributed by atoms with Gasteiger partial charge in [0.25, 0.3) is 0 Å². The Labute approximate surface area is 155 Å². The number of hydrogen-bond donors (Lipinski definition) is 1. The molecule has 0 aromatic heterocycles. The van der Waals surface area contributed by atoms with Gasteiger partial charge in [-0.05, 0) is 46.0 Å². The molecule has 4 heteroatoms. The second-order valence-corrected chi connectivity index (χ2v) is 8.20. The minimum atomic E-state index is -0.623. The molecule has 1 unspecified atom stereocenters. The molecule has 1 rings (SSSR count). The number of carbonyl (C=O) groups is 1. The summed E-state index contributed by atoms with van der Waals surface area (Å²) in [6, 6.07) is 0.561. The standard InChI is InChI=1S/C21H41NO3/c1-5-19(4)20(23)11-9-7-6-8-10-16-25-17-21(24)12-14-22(15-13-21)18(2)3/h18-19,24H,5-17H2,1-4H3. The quantitative estimate of drug-likeness (QED) is 0.503. The van der Waals surface area contributed by atoms with Crippen molar-refractivity contribution in [1.29, 1.82) is 0 Å². The maximum atomic E-state index is 11.7. The average molecular weight is 356 g/mol. The number of ether oxygens (including phenoxy) is 1. The lowest BCUT2D eigenvalue weighted by Gasteiger charge is -2.39. The SMILES string of the molecule is CCC(C)C(=O)CCCCCCCOCC1(O)CCN(C(C)C)CC1. The first-order valence-electron chi connectivity index (χ1n) is 10.4. The number of unbranched alkanes of at least 4 members (excludes halogenated alkanes) is 4. The van der Waals surface area contributed by atoms with Gasteiger partial charge in [0, 0.05) is 38.1 Å². The Morgan fingerprint density at radius 3 is 2.28 bits per heavy atom. The Morgan fingerprint density at radius 1 is 1.08 bits per heavy atom. The van der Waals surface area contributed by atoms with E-state index in [4.69, 9.17) is 4.74 Å². The van der Waals surface area contributed by atoms with Crippen LogP contribution in [0.15, 0.2) is 0 Å². The lowest BCUT2D eigenvalue weighted by atomic mass is 9.92. The van der Waals surface area contributed by atoms with E-state index in [-0.39, 0.29) is 5.92 Å². The second-order valence-electron chi connectivity index (χ2n) is 8.20. The van der Waals surface area contributed by atoms with Crippen LogP contribution < -0.4 is 0 Å². The van der Waals surface area contributed by atoms with Gasteiger partial charge in [-0.2, -0.15) is 0 Å². The van der Waals surface area contributed by atoms with Gasteiger partial charge in [0.1, 0.15) is 5.78 Å². The maximum absolute atomic E-state index is 11.7. The fourth-order valence-corrected chi connectivity index (χ4v) is 3.37. The van der Waals surface area contributed by atoms with Gasteiger partial charge in [-0.15, -0.1) is 0 Å². The highest BCUT2D eigenvalue weighted by Crippen LogP contribution is 2.24. The van der Waals surface area contributed by atoms with E-state index in [9.17, 15) is 9.90 Å². The normalized spacial score (nSPS) is 19.3. The van der Waals surface area contributed by atoms with Crippen LogP contribution in [0.3, 0.4) is 0 Å². The number of hydrogen-bond acceptors (Lipinski definition) is 4. The number of Topliss-reactive ketones (excluding diaryl/α,β-unsaturated/α-hetero) is 1. The van der Waals surface area contributed by atoms with Crippen LogP contribution in [0.2, 0.25) is 0 Å². The van der Waals surface area contributed by atoms with Crippen molar-refractivity contribution in [3.05, 3.63) is 0 Å². The van der Waals surface area contributed by atoms with Gasteiger partial charge in [0.2, 0.25) is 0 Å². The lowest BCUT2D eigenvalue weighted by molar-refractivity contribution is -0.122. The molecule has 1 heterocycles. The van der Waals surface area contributed by atoms with Gasteiger partial charge in [-0.25, -0.2) is 0 Å². The van der Waals surface area contributed by atoms with Crippen molar-refractivity contribution in [3.63, 3.8) is 0 Å². The van der Waals surface area contributed by atoms with Crippen LogP contribution in [-0.2, 0) is 9.53 Å². The summed E-state index contributed by atoms with van der Waals surface area (Å²) in [5.41, 5.74) is -0.623. The van der Waals surface area contributed by atoms with E-state index in [1.807, 2.05) is 6.92 Å². The molecule has 0 spiro atoms. The Balaban J connectivity index is 1.96. The third-order valence-electron chi connectivity index (χ3n) is 5.70. The maximum Gasteiger partial charge on any atom is 0.135 e. The summed E-state index contributed by atoms with van der Waals surface area (Å²) in [6.07, 6.45) is 8.86. The third kappa shape index (κ3) is 9.16. The first kappa shape index (κ1) is 22.6. The van der Waals surface area contributed by atoms with Crippen molar-refractivity contribution in [2.24, 2.45) is 5.92 Å². The average Bonchev–Trinajstić information content (AvgIpc) is 2.59. The molecule has 0 saturated carbocycles. The fourth-order valence-electron chi connectivity index (χ4n) is 3.37. The van der Waals surface area contributed by atoms with Crippen LogP contribution in [0.1, 0.15) is 85.5 Å². The Hall–Kier alpha value is -0.450. The lowest BCUT2D eigenvalue weighted by Crippen LogP contribution is -2.49. The summed E-state index contributed by atoms with van der Waals surface area (Å²) in [5, 5.41) is 10.6. The molecule has 25 heavy (non-hydrogen) atoms. The highest BCUT2D eigenvalue weighted by molar-refractivity contribution is 5.80. The summed E-state index contributed by atoms with van der Waals surface area (Å²) < 4.78 is 5.74. The van der Waals surface area contributed by atoms with E-state index in [0.29, 0.717) is 18.4 Å². The molecule has 0 aromatic carbocycles. The topological polar surface area (TPSA) is 49.8 Å². The molecule has 1 atom stereocenters. The molecule has 0 radical (unpaired) electrons. The second kappa shape index (κ2) is 12.0. The molecule has 1 saturated heterocycles. The Bertz CT molecular complexity index is 362. The van der Waals surface area contributed by atoms with E-state index >= 15 is 0 Å². The van der Waals surface area contributed by atoms with Crippen molar-refractivity contribution >= 4 is 5.78 Å². The molecular weight excluding hydrogens is 314 g/mol. The van der Waals surface area contributed by atoms with Gasteiger partial charge < -0.3 is 14.7 Å². The predicted molar refractivity (Wildman–Crippen MR) is 104 cm³/mol. The molecule has 0 bridgehead atoms. The summed E-state index contributed by atoms with van der Waals surface area (Å²) in [6.45, 7) is 11.7. The molecule has 0 aromatic rings. The van der Waals surface area contributed by atoms with Crippen LogP contribution in [0.4, 0.5) is 0 Å². The largest absolute Gasteiger partial charge is 0.387 e. The summed E-state index contributed by atoms with van der Waals surface area (Å²) in [7, 11) is 0. The van der Waals surface area contributed by atoms with Crippen molar-refractivity contribution < 1.29 is 14.6 Å². The molecule has 4 nitrogen and oxygen atoms in total. The highest BCUT2D eigenvalue weighted by atomic mass is 16.5. The number of likely N-dealkylation sites (tertiary alicyclic amines) is 1. The smallest absolute Gasteiger partial charge is 0.135 e. The molecule has 148 valence electrons. The first-order valence-corrected chi connectivity index (χ1v) is 10.4. The van der Waals surface area contributed by atoms with Gasteiger partial charge in [0.15, 0.2) is 0 Å². The number of carbonyl (C=O) groups excluding carboxylic acids is 1. The summed E-state index contributed by atoms with van der Waals surface area (Å²) in [4.78, 5) is 14.2. The zero-order chi connectivity index (χ0) is 18.7. The van der Waals surface area contributed by atoms with E-state index < -0.39 is 5.60 Å². The number of rotatable bonds is 13. The highest BCUT2D eigenvalue weighted by Gasteiger charge is 2.33. The minimum absolute atomic E-state index is 0.228. The van der Waals surface area contributed by atoms with Crippen molar-refractivity contribution in [1.82, 2.24) is 4.90 Å². The Morgan fingerprint density at radius 2 is 1.68 bits per heavy atom. The zero-order valence-electron chi connectivity index (χ0n) is 17.1. The van der Waals surface area contributed by atoms with Crippen LogP contribution in [0.5, 0.6) is 0 Å². The van der Waals surface area contributed by atoms with Gasteiger partial charge in [-0.3, -0.25) is 4.79 Å². The van der Waals surface area contributed by atoms with E-state index in [2.05, 4.69) is 25.7 Å². The zero-order valence-corrected chi connectivity index (χ0v) is 17.1. The van der Waals surface area contributed by atoms with Crippen LogP contribution >= 0.6 is 0 Å². The summed E-state index contributed by atoms with van der Waals surface area (Å²) >= 11 is 0.